The van der Waals surface area contributed by atoms with Gasteiger partial charge in [0, 0.05) is 14.1 Å². The maximum Gasteiger partial charge on any atom is 0.373 e. The summed E-state index contributed by atoms with van der Waals surface area (Å²) >= 11 is 0. The fourth-order valence-electron chi connectivity index (χ4n) is 2.39. The molecule has 0 aliphatic carbocycles. The Bertz CT molecular complexity index is 752. The second kappa shape index (κ2) is 12.3. The Balaban J connectivity index is 0.000000329. The summed E-state index contributed by atoms with van der Waals surface area (Å²) in [5.74, 6) is -3.41. The molecular weight excluding hydrogens is 398 g/mol. The highest BCUT2D eigenvalue weighted by molar-refractivity contribution is 5.87. The molecule has 10 heteroatoms. The van der Waals surface area contributed by atoms with E-state index >= 15 is 0 Å². The molecule has 0 fully saturated rings. The first kappa shape index (κ1) is 24.7. The predicted octanol–water partition coefficient (Wildman–Crippen LogP) is 0.647. The van der Waals surface area contributed by atoms with Gasteiger partial charge in [-0.2, -0.15) is 10.5 Å². The molecule has 0 aromatic heterocycles. The molecule has 0 aliphatic rings. The fraction of sp³-hybridized carbons (Fsp3) is 0.250. The van der Waals surface area contributed by atoms with Gasteiger partial charge in [-0.25, -0.2) is 9.59 Å². The summed E-state index contributed by atoms with van der Waals surface area (Å²) in [6.45, 7) is 0. The smallest absolute Gasteiger partial charge is 0.373 e. The maximum absolute atomic E-state index is 12.4. The maximum atomic E-state index is 12.4. The van der Waals surface area contributed by atoms with Crippen molar-refractivity contribution in [3.05, 3.63) is 71.8 Å². The zero-order valence-electron chi connectivity index (χ0n) is 16.3. The van der Waals surface area contributed by atoms with Crippen molar-refractivity contribution in [2.75, 3.05) is 14.1 Å². The van der Waals surface area contributed by atoms with Gasteiger partial charge in [0.2, 0.25) is 5.91 Å². The Labute approximate surface area is 172 Å². The SMILES string of the molecule is CN(C)C(=O)C(c1ccccc1)c1ccccc1.O=C(OO)C(O)C(O)C(=O)OO. The average Bonchev–Trinajstić information content (AvgIpc) is 2.78. The number of aliphatic hydroxyl groups is 2. The monoisotopic (exact) mass is 421 g/mol. The number of rotatable bonds is 6. The van der Waals surface area contributed by atoms with Crippen LogP contribution in [0.4, 0.5) is 0 Å². The lowest BCUT2D eigenvalue weighted by atomic mass is 9.90. The number of aliphatic hydroxyl groups excluding tert-OH is 2. The lowest BCUT2D eigenvalue weighted by Crippen LogP contribution is -2.41. The Morgan fingerprint density at radius 2 is 1.07 bits per heavy atom. The third-order valence-electron chi connectivity index (χ3n) is 3.92. The minimum Gasteiger partial charge on any atom is -0.378 e. The van der Waals surface area contributed by atoms with Crippen molar-refractivity contribution < 1.29 is 44.9 Å². The Morgan fingerprint density at radius 3 is 1.33 bits per heavy atom. The van der Waals surface area contributed by atoms with Crippen LogP contribution in [0, 0.1) is 0 Å². The zero-order valence-corrected chi connectivity index (χ0v) is 16.3. The third-order valence-corrected chi connectivity index (χ3v) is 3.92. The molecule has 4 N–H and O–H groups in total. The topological polar surface area (TPSA) is 154 Å². The van der Waals surface area contributed by atoms with E-state index in [1.54, 1.807) is 19.0 Å². The first-order valence-electron chi connectivity index (χ1n) is 8.62. The van der Waals surface area contributed by atoms with Crippen molar-refractivity contribution in [2.24, 2.45) is 0 Å². The Hall–Kier alpha value is -3.31. The first-order valence-corrected chi connectivity index (χ1v) is 8.62. The molecule has 0 bridgehead atoms. The van der Waals surface area contributed by atoms with Gasteiger partial charge in [-0.15, -0.1) is 0 Å². The van der Waals surface area contributed by atoms with Gasteiger partial charge in [0.25, 0.3) is 0 Å². The van der Waals surface area contributed by atoms with Crippen LogP contribution in [0.1, 0.15) is 17.0 Å². The normalized spacial score (nSPS) is 12.1. The van der Waals surface area contributed by atoms with Crippen LogP contribution in [0.3, 0.4) is 0 Å². The molecule has 0 radical (unpaired) electrons. The minimum atomic E-state index is -2.31. The molecule has 162 valence electrons. The molecule has 0 aliphatic heterocycles. The van der Waals surface area contributed by atoms with Crippen LogP contribution in [-0.4, -0.2) is 69.8 Å². The molecule has 2 unspecified atom stereocenters. The number of nitrogens with zero attached hydrogens (tertiary/aromatic N) is 1. The summed E-state index contributed by atoms with van der Waals surface area (Å²) in [5.41, 5.74) is 2.06. The molecule has 0 spiro atoms. The van der Waals surface area contributed by atoms with Crippen LogP contribution < -0.4 is 0 Å². The van der Waals surface area contributed by atoms with Crippen LogP contribution >= 0.6 is 0 Å². The summed E-state index contributed by atoms with van der Waals surface area (Å²) in [6.07, 6.45) is -4.62. The van der Waals surface area contributed by atoms with Gasteiger partial charge in [0.15, 0.2) is 12.2 Å². The molecule has 0 heterocycles. The first-order chi connectivity index (χ1) is 14.2. The van der Waals surface area contributed by atoms with Gasteiger partial charge in [-0.3, -0.25) is 14.6 Å². The Kier molecular flexibility index (Phi) is 10.1. The number of benzene rings is 2. The summed E-state index contributed by atoms with van der Waals surface area (Å²) in [4.78, 5) is 40.4. The lowest BCUT2D eigenvalue weighted by Gasteiger charge is -2.21. The number of hydrogen-bond donors (Lipinski definition) is 4. The lowest BCUT2D eigenvalue weighted by molar-refractivity contribution is -0.258. The summed E-state index contributed by atoms with van der Waals surface area (Å²) in [5, 5.41) is 32.5. The van der Waals surface area contributed by atoms with E-state index in [0.29, 0.717) is 0 Å². The van der Waals surface area contributed by atoms with E-state index in [0.717, 1.165) is 11.1 Å². The van der Waals surface area contributed by atoms with E-state index in [9.17, 15) is 14.4 Å². The highest BCUT2D eigenvalue weighted by Crippen LogP contribution is 2.25. The van der Waals surface area contributed by atoms with Crippen LogP contribution in [0.5, 0.6) is 0 Å². The third kappa shape index (κ3) is 6.94. The zero-order chi connectivity index (χ0) is 22.7. The largest absolute Gasteiger partial charge is 0.378 e. The van der Waals surface area contributed by atoms with Crippen molar-refractivity contribution in [3.63, 3.8) is 0 Å². The van der Waals surface area contributed by atoms with Crippen molar-refractivity contribution in [3.8, 4) is 0 Å². The van der Waals surface area contributed by atoms with Gasteiger partial charge in [-0.05, 0) is 11.1 Å². The van der Waals surface area contributed by atoms with E-state index in [1.165, 1.54) is 0 Å². The predicted molar refractivity (Wildman–Crippen MR) is 103 cm³/mol. The van der Waals surface area contributed by atoms with Gasteiger partial charge in [-0.1, -0.05) is 60.7 Å². The van der Waals surface area contributed by atoms with Crippen LogP contribution in [-0.2, 0) is 24.2 Å². The van der Waals surface area contributed by atoms with E-state index in [-0.39, 0.29) is 11.8 Å². The van der Waals surface area contributed by atoms with Crippen molar-refractivity contribution in [1.29, 1.82) is 0 Å². The van der Waals surface area contributed by atoms with Gasteiger partial charge in [0.1, 0.15) is 0 Å². The highest BCUT2D eigenvalue weighted by Gasteiger charge is 2.33. The fourth-order valence-corrected chi connectivity index (χ4v) is 2.39. The van der Waals surface area contributed by atoms with Crippen molar-refractivity contribution >= 4 is 17.8 Å². The number of hydrogen-bond acceptors (Lipinski definition) is 9. The number of amides is 1. The van der Waals surface area contributed by atoms with E-state index < -0.39 is 24.1 Å². The molecule has 2 aromatic rings. The second-order valence-electron chi connectivity index (χ2n) is 6.20. The number of carbonyl (C=O) groups excluding carboxylic acids is 3. The van der Waals surface area contributed by atoms with E-state index in [1.807, 2.05) is 60.7 Å². The standard InChI is InChI=1S/C16H17NO.C4H6O8/c1-17(2)16(18)15(13-9-5-3-6-10-13)14-11-7-4-8-12-14;5-1(3(7)11-9)2(6)4(8)12-10/h3-12,15H,1-2H3;1-2,5-6,9-10H. The molecule has 30 heavy (non-hydrogen) atoms. The van der Waals surface area contributed by atoms with Crippen LogP contribution in [0.2, 0.25) is 0 Å². The molecule has 1 amide bonds. The van der Waals surface area contributed by atoms with Crippen molar-refractivity contribution in [1.82, 2.24) is 4.90 Å². The van der Waals surface area contributed by atoms with Gasteiger partial charge < -0.3 is 15.1 Å². The van der Waals surface area contributed by atoms with Gasteiger partial charge >= 0.3 is 11.9 Å². The van der Waals surface area contributed by atoms with E-state index in [2.05, 4.69) is 9.78 Å². The number of likely N-dealkylation sites (N-methyl/N-ethyl adjacent to an activating group) is 1. The van der Waals surface area contributed by atoms with E-state index in [4.69, 9.17) is 20.7 Å². The number of carbonyl (C=O) groups is 3. The van der Waals surface area contributed by atoms with Crippen LogP contribution in [0.25, 0.3) is 0 Å². The molecule has 2 aromatic carbocycles. The molecule has 0 saturated carbocycles. The molecule has 0 saturated heterocycles. The molecule has 2 rings (SSSR count). The molecular formula is C20H23NO9. The summed E-state index contributed by atoms with van der Waals surface area (Å²) in [6, 6.07) is 19.8. The molecule has 2 atom stereocenters. The quantitative estimate of drug-likeness (QED) is 0.389. The highest BCUT2D eigenvalue weighted by atomic mass is 17.1. The van der Waals surface area contributed by atoms with Gasteiger partial charge in [0.05, 0.1) is 5.92 Å². The summed E-state index contributed by atoms with van der Waals surface area (Å²) in [7, 11) is 3.59. The molecule has 10 nitrogen and oxygen atoms in total. The average molecular weight is 421 g/mol. The Morgan fingerprint density at radius 1 is 0.733 bits per heavy atom. The van der Waals surface area contributed by atoms with Crippen LogP contribution in [0.15, 0.2) is 60.7 Å². The van der Waals surface area contributed by atoms with Crippen molar-refractivity contribution in [2.45, 2.75) is 18.1 Å². The summed E-state index contributed by atoms with van der Waals surface area (Å²) < 4.78 is 0. The minimum absolute atomic E-state index is 0.104. The second-order valence-corrected chi connectivity index (χ2v) is 6.20.